The minimum Gasteiger partial charge on any atom is -0.506 e. The molecule has 2 N–H and O–H groups in total. The van der Waals surface area contributed by atoms with E-state index in [2.05, 4.69) is 21.6 Å². The van der Waals surface area contributed by atoms with Gasteiger partial charge in [0.15, 0.2) is 0 Å². The minimum absolute atomic E-state index is 0. The van der Waals surface area contributed by atoms with E-state index < -0.39 is 10.6 Å². The van der Waals surface area contributed by atoms with E-state index in [4.69, 9.17) is 12.6 Å². The van der Waals surface area contributed by atoms with Gasteiger partial charge in [-0.05, 0) is 29.8 Å². The maximum absolute atomic E-state index is 12.0. The van der Waals surface area contributed by atoms with E-state index in [1.165, 1.54) is 18.2 Å². The van der Waals surface area contributed by atoms with E-state index in [-0.39, 0.29) is 72.5 Å². The van der Waals surface area contributed by atoms with Gasteiger partial charge in [0.25, 0.3) is 11.8 Å². The predicted molar refractivity (Wildman–Crippen MR) is 114 cm³/mol. The second-order valence-corrected chi connectivity index (χ2v) is 6.91. The molecular weight excluding hydrogens is 475 g/mol. The molecule has 172 valence electrons. The number of carbonyl (C=O) groups excluding carboxylic acids is 3. The molecule has 34 heavy (non-hydrogen) atoms. The van der Waals surface area contributed by atoms with Crippen molar-refractivity contribution in [3.05, 3.63) is 66.2 Å². The number of nitrogens with zero attached hydrogens (tertiary/aromatic N) is 3. The largest absolute Gasteiger partial charge is 1.00 e. The molecule has 0 atom stereocenters. The second kappa shape index (κ2) is 14.9. The number of phenolic OH excluding ortho intramolecular Hbond substituents is 1. The number of hydrogen-bond acceptors (Lipinski definition) is 9. The molecule has 3 amide bonds. The fourth-order valence-electron chi connectivity index (χ4n) is 2.67. The Labute approximate surface area is 218 Å². The number of carbonyl (C=O) groups is 3. The summed E-state index contributed by atoms with van der Waals surface area (Å²) in [6.45, 7) is 0.332. The summed E-state index contributed by atoms with van der Waals surface area (Å²) in [7, 11) is -3.11. The Morgan fingerprint density at radius 2 is 1.65 bits per heavy atom. The van der Waals surface area contributed by atoms with E-state index in [0.29, 0.717) is 17.8 Å². The van der Waals surface area contributed by atoms with E-state index in [0.717, 1.165) is 10.5 Å². The van der Waals surface area contributed by atoms with Gasteiger partial charge in [0.2, 0.25) is 5.91 Å². The number of amides is 3. The van der Waals surface area contributed by atoms with Gasteiger partial charge in [0.1, 0.15) is 11.4 Å². The third kappa shape index (κ3) is 10.2. The minimum atomic E-state index is -3.11. The van der Waals surface area contributed by atoms with Crippen LogP contribution in [0.4, 0.5) is 11.4 Å². The van der Waals surface area contributed by atoms with E-state index in [1.807, 2.05) is 0 Å². The molecule has 0 bridgehead atoms. The van der Waals surface area contributed by atoms with Gasteiger partial charge in [-0.1, -0.05) is 6.07 Å². The van der Waals surface area contributed by atoms with Gasteiger partial charge < -0.3 is 10.4 Å². The van der Waals surface area contributed by atoms with Crippen LogP contribution in [0.1, 0.15) is 12.0 Å². The van der Waals surface area contributed by atoms with Crippen molar-refractivity contribution < 1.29 is 61.7 Å². The van der Waals surface area contributed by atoms with Gasteiger partial charge in [0, 0.05) is 31.7 Å². The third-order valence-electron chi connectivity index (χ3n) is 4.21. The number of benzene rings is 2. The molecule has 0 spiro atoms. The number of aromatic hydroxyl groups is 1. The molecule has 0 unspecified atom stereocenters. The molecule has 0 saturated heterocycles. The molecule has 1 heterocycles. The van der Waals surface area contributed by atoms with Crippen molar-refractivity contribution in [1.29, 1.82) is 0 Å². The van der Waals surface area contributed by atoms with Crippen LogP contribution < -0.4 is 34.9 Å². The molecule has 1 aliphatic rings. The summed E-state index contributed by atoms with van der Waals surface area (Å²) in [4.78, 5) is 36.0. The number of nitrogens with one attached hydrogen (secondary N) is 1. The van der Waals surface area contributed by atoms with Crippen molar-refractivity contribution in [2.75, 3.05) is 13.1 Å². The fraction of sp³-hybridized carbons (Fsp3) is 0.190. The summed E-state index contributed by atoms with van der Waals surface area (Å²) in [5.74, 6) is -0.945. The quantitative estimate of drug-likeness (QED) is 0.197. The summed E-state index contributed by atoms with van der Waals surface area (Å²) in [5, 5.41) is 20.8. The Kier molecular flexibility index (Phi) is 12.6. The van der Waals surface area contributed by atoms with Gasteiger partial charge in [-0.15, -0.1) is 29.9 Å². The summed E-state index contributed by atoms with van der Waals surface area (Å²) in [5.41, 5.74) is 1.77. The smallest absolute Gasteiger partial charge is 0.506 e. The number of hydrogen-bond donors (Lipinski definition) is 2. The van der Waals surface area contributed by atoms with Crippen LogP contribution in [0.3, 0.4) is 0 Å². The Balaban J connectivity index is 0.00000107. The Morgan fingerprint density at radius 1 is 1.03 bits per heavy atom. The normalized spacial score (nSPS) is 12.2. The van der Waals surface area contributed by atoms with Gasteiger partial charge in [-0.25, -0.2) is 0 Å². The molecule has 11 nitrogen and oxygen atoms in total. The van der Waals surface area contributed by atoms with Crippen molar-refractivity contribution in [3.8, 4) is 5.75 Å². The molecule has 1 aliphatic heterocycles. The second-order valence-electron chi connectivity index (χ2n) is 6.50. The Bertz CT molecular complexity index is 1160. The molecule has 0 fully saturated rings. The molecule has 0 radical (unpaired) electrons. The van der Waals surface area contributed by atoms with Crippen LogP contribution in [0.2, 0.25) is 0 Å². The van der Waals surface area contributed by atoms with Crippen LogP contribution >= 0.6 is 0 Å². The number of phenols is 1. The molecule has 2 aromatic carbocycles. The molecule has 3 rings (SSSR count). The van der Waals surface area contributed by atoms with Crippen LogP contribution in [-0.4, -0.2) is 53.4 Å². The van der Waals surface area contributed by atoms with Gasteiger partial charge in [0.05, 0.1) is 0 Å². The van der Waals surface area contributed by atoms with Gasteiger partial charge in [-0.2, -0.15) is 23.3 Å². The number of azo groups is 1. The number of rotatable bonds is 8. The first kappa shape index (κ1) is 28.8. The zero-order chi connectivity index (χ0) is 24.2. The van der Waals surface area contributed by atoms with E-state index in [9.17, 15) is 19.5 Å². The predicted octanol–water partition coefficient (Wildman–Crippen LogP) is -1.42. The van der Waals surface area contributed by atoms with E-state index >= 15 is 0 Å². The summed E-state index contributed by atoms with van der Waals surface area (Å²) < 4.78 is 25.3. The van der Waals surface area contributed by atoms with Crippen LogP contribution in [0.5, 0.6) is 5.75 Å². The number of imide groups is 1. The average molecular weight is 494 g/mol. The molecule has 13 heteroatoms. The van der Waals surface area contributed by atoms with Gasteiger partial charge in [-0.3, -0.25) is 19.3 Å². The summed E-state index contributed by atoms with van der Waals surface area (Å²) >= 11 is 0. The topological polar surface area (TPSA) is 163 Å². The SMILES string of the molecule is O=C(CCc1ccc(O)c(N=Nc2cc[c-]cc2)c1)NCCN1C(=O)C=CC1=O.O=S(=O)=O.[Na+]. The molecule has 0 saturated carbocycles. The van der Waals surface area contributed by atoms with E-state index in [1.54, 1.807) is 36.4 Å². The molecule has 0 aliphatic carbocycles. The van der Waals surface area contributed by atoms with Crippen molar-refractivity contribution in [1.82, 2.24) is 10.2 Å². The molecular formula is C21H19N4NaO7S. The van der Waals surface area contributed by atoms with Crippen molar-refractivity contribution in [3.63, 3.8) is 0 Å². The maximum Gasteiger partial charge on any atom is 1.00 e. The van der Waals surface area contributed by atoms with Crippen molar-refractivity contribution in [2.45, 2.75) is 12.8 Å². The first-order valence-electron chi connectivity index (χ1n) is 9.53. The monoisotopic (exact) mass is 494 g/mol. The summed E-state index contributed by atoms with van der Waals surface area (Å²) in [6.07, 6.45) is 3.08. The maximum atomic E-state index is 12.0. The Morgan fingerprint density at radius 3 is 2.26 bits per heavy atom. The first-order valence-corrected chi connectivity index (χ1v) is 10.5. The van der Waals surface area contributed by atoms with Crippen molar-refractivity contribution in [2.24, 2.45) is 10.2 Å². The molecule has 0 aromatic heterocycles. The Hall–Kier alpha value is -3.19. The average Bonchev–Trinajstić information content (AvgIpc) is 3.10. The standard InChI is InChI=1S/C21H19N4O4.Na.O3S/c26-18-8-6-15(14-17(18)24-23-16-4-2-1-3-5-16)7-9-19(27)22-12-13-25-20(28)10-11-21(25)29;;1-4(2)3/h2-6,8,10-11,14,26H,7,9,12-13H2,(H,22,27);;/q-1;+1;. The summed E-state index contributed by atoms with van der Waals surface area (Å²) in [6, 6.07) is 14.7. The number of aryl methyl sites for hydroxylation is 1. The van der Waals surface area contributed by atoms with Gasteiger partial charge >= 0.3 is 40.2 Å². The van der Waals surface area contributed by atoms with Crippen LogP contribution in [0.15, 0.2) is 64.8 Å². The van der Waals surface area contributed by atoms with Crippen LogP contribution in [0, 0.1) is 6.07 Å². The van der Waals surface area contributed by atoms with Crippen LogP contribution in [0.25, 0.3) is 0 Å². The first-order chi connectivity index (χ1) is 15.8. The zero-order valence-electron chi connectivity index (χ0n) is 18.2. The zero-order valence-corrected chi connectivity index (χ0v) is 21.0. The fourth-order valence-corrected chi connectivity index (χ4v) is 2.67. The third-order valence-corrected chi connectivity index (χ3v) is 4.21. The van der Waals surface area contributed by atoms with Crippen LogP contribution in [-0.2, 0) is 31.4 Å². The van der Waals surface area contributed by atoms with Crippen molar-refractivity contribution >= 4 is 39.7 Å². The molecule has 2 aromatic rings.